The van der Waals surface area contributed by atoms with Gasteiger partial charge >= 0.3 is 0 Å². The minimum Gasteiger partial charge on any atom is -0.265 e. The van der Waals surface area contributed by atoms with Gasteiger partial charge in [-0.05, 0) is 12.1 Å². The first-order valence-electron chi connectivity index (χ1n) is 2.38. The summed E-state index contributed by atoms with van der Waals surface area (Å²) in [5.41, 5.74) is 1.00. The van der Waals surface area contributed by atoms with Crippen molar-refractivity contribution in [3.8, 4) is 0 Å². The van der Waals surface area contributed by atoms with Gasteiger partial charge in [0.15, 0.2) is 6.21 Å². The zero-order valence-electron chi connectivity index (χ0n) is 4.41. The number of nitrogens with two attached hydrogens (primary N) is 1. The van der Waals surface area contributed by atoms with E-state index in [2.05, 4.69) is 4.98 Å². The number of rotatable bonds is 1. The van der Waals surface area contributed by atoms with Gasteiger partial charge in [0, 0.05) is 18.0 Å². The maximum Gasteiger partial charge on any atom is 0.167 e. The van der Waals surface area contributed by atoms with Crippen LogP contribution in [-0.4, -0.2) is 11.2 Å². The standard InChI is InChI=1S/C6H6N2/c7-5-6-1-3-8-4-2-6/h1-5,7H/p+1. The summed E-state index contributed by atoms with van der Waals surface area (Å²) >= 11 is 0. The van der Waals surface area contributed by atoms with Crippen LogP contribution >= 0.6 is 0 Å². The Bertz CT molecular complexity index is 169. The fourth-order valence-corrected chi connectivity index (χ4v) is 0.475. The minimum absolute atomic E-state index is 1.00. The van der Waals surface area contributed by atoms with Gasteiger partial charge in [-0.15, -0.1) is 0 Å². The van der Waals surface area contributed by atoms with Crippen molar-refractivity contribution < 1.29 is 5.41 Å². The molecule has 0 aliphatic heterocycles. The van der Waals surface area contributed by atoms with Gasteiger partial charge in [-0.3, -0.25) is 10.4 Å². The van der Waals surface area contributed by atoms with Crippen molar-refractivity contribution in [1.82, 2.24) is 4.98 Å². The second-order valence-electron chi connectivity index (χ2n) is 1.45. The smallest absolute Gasteiger partial charge is 0.167 e. The van der Waals surface area contributed by atoms with Crippen molar-refractivity contribution in [2.75, 3.05) is 0 Å². The average Bonchev–Trinajstić information content (AvgIpc) is 1.90. The van der Waals surface area contributed by atoms with Gasteiger partial charge in [-0.1, -0.05) is 0 Å². The summed E-state index contributed by atoms with van der Waals surface area (Å²) in [6, 6.07) is 3.69. The quantitative estimate of drug-likeness (QED) is 0.472. The first-order valence-corrected chi connectivity index (χ1v) is 2.38. The molecule has 0 aliphatic carbocycles. The molecule has 0 amide bonds. The number of hydrogen-bond donors (Lipinski definition) is 1. The molecule has 8 heavy (non-hydrogen) atoms. The topological polar surface area (TPSA) is 38.5 Å². The lowest BCUT2D eigenvalue weighted by Crippen LogP contribution is -2.29. The van der Waals surface area contributed by atoms with Crippen LogP contribution in [0.3, 0.4) is 0 Å². The molecule has 1 aromatic heterocycles. The second kappa shape index (κ2) is 2.21. The first kappa shape index (κ1) is 4.97. The van der Waals surface area contributed by atoms with Crippen molar-refractivity contribution in [2.45, 2.75) is 0 Å². The molecule has 0 saturated carbocycles. The Labute approximate surface area is 47.7 Å². The molecule has 0 saturated heterocycles. The molecule has 0 spiro atoms. The van der Waals surface area contributed by atoms with E-state index < -0.39 is 0 Å². The summed E-state index contributed by atoms with van der Waals surface area (Å²) < 4.78 is 0. The Morgan fingerprint density at radius 2 is 2.00 bits per heavy atom. The van der Waals surface area contributed by atoms with Crippen LogP contribution in [0.5, 0.6) is 0 Å². The van der Waals surface area contributed by atoms with Gasteiger partial charge in [0.1, 0.15) is 0 Å². The number of hydrogen-bond acceptors (Lipinski definition) is 1. The molecule has 1 rings (SSSR count). The number of pyridine rings is 1. The molecule has 1 aromatic rings. The molecule has 2 nitrogen and oxygen atoms in total. The second-order valence-corrected chi connectivity index (χ2v) is 1.45. The van der Waals surface area contributed by atoms with E-state index in [-0.39, 0.29) is 0 Å². The van der Waals surface area contributed by atoms with Gasteiger partial charge < -0.3 is 0 Å². The lowest BCUT2D eigenvalue weighted by Gasteiger charge is -1.80. The van der Waals surface area contributed by atoms with Gasteiger partial charge in [-0.2, -0.15) is 0 Å². The number of aromatic nitrogens is 1. The Kier molecular flexibility index (Phi) is 1.37. The molecule has 40 valence electrons. The lowest BCUT2D eigenvalue weighted by atomic mass is 10.3. The molecular formula is C6H7N2+. The van der Waals surface area contributed by atoms with E-state index in [0.717, 1.165) is 5.56 Å². The molecule has 0 radical (unpaired) electrons. The molecule has 1 heterocycles. The van der Waals surface area contributed by atoms with Crippen LogP contribution in [0, 0.1) is 0 Å². The summed E-state index contributed by atoms with van der Waals surface area (Å²) in [6.07, 6.45) is 4.96. The average molecular weight is 107 g/mol. The van der Waals surface area contributed by atoms with Gasteiger partial charge in [-0.25, -0.2) is 0 Å². The number of nitrogens with zero attached hydrogens (tertiary/aromatic N) is 1. The Morgan fingerprint density at radius 1 is 1.38 bits per heavy atom. The molecule has 0 unspecified atom stereocenters. The van der Waals surface area contributed by atoms with E-state index in [1.165, 1.54) is 0 Å². The van der Waals surface area contributed by atoms with E-state index in [9.17, 15) is 0 Å². The summed E-state index contributed by atoms with van der Waals surface area (Å²) in [5.74, 6) is 0. The highest BCUT2D eigenvalue weighted by Crippen LogP contribution is 1.86. The molecule has 0 aromatic carbocycles. The minimum atomic E-state index is 1.00. The van der Waals surface area contributed by atoms with Crippen molar-refractivity contribution in [3.63, 3.8) is 0 Å². The molecule has 2 N–H and O–H groups in total. The van der Waals surface area contributed by atoms with Crippen LogP contribution in [-0.2, 0) is 0 Å². The highest BCUT2D eigenvalue weighted by molar-refractivity contribution is 5.73. The third-order valence-corrected chi connectivity index (χ3v) is 0.899. The monoisotopic (exact) mass is 107 g/mol. The van der Waals surface area contributed by atoms with Gasteiger partial charge in [0.05, 0.1) is 0 Å². The van der Waals surface area contributed by atoms with Crippen molar-refractivity contribution in [3.05, 3.63) is 30.1 Å². The third kappa shape index (κ3) is 0.904. The zero-order chi connectivity index (χ0) is 5.82. The first-order chi connectivity index (χ1) is 3.93. The predicted molar refractivity (Wildman–Crippen MR) is 31.3 cm³/mol. The van der Waals surface area contributed by atoms with E-state index in [0.29, 0.717) is 0 Å². The van der Waals surface area contributed by atoms with Crippen LogP contribution in [0.1, 0.15) is 5.56 Å². The maximum absolute atomic E-state index is 5.20. The van der Waals surface area contributed by atoms with E-state index >= 15 is 0 Å². The van der Waals surface area contributed by atoms with Crippen LogP contribution < -0.4 is 5.41 Å². The highest BCUT2D eigenvalue weighted by atomic mass is 14.6. The molecule has 0 aliphatic rings. The maximum atomic E-state index is 5.20. The molecule has 0 atom stereocenters. The Morgan fingerprint density at radius 3 is 2.38 bits per heavy atom. The summed E-state index contributed by atoms with van der Waals surface area (Å²) in [4.78, 5) is 3.82. The van der Waals surface area contributed by atoms with Crippen molar-refractivity contribution in [1.29, 1.82) is 0 Å². The van der Waals surface area contributed by atoms with Gasteiger partial charge in [0.25, 0.3) is 0 Å². The lowest BCUT2D eigenvalue weighted by molar-refractivity contribution is -0.104. The SMILES string of the molecule is [NH2+]=Cc1ccncc1. The highest BCUT2D eigenvalue weighted by Gasteiger charge is 1.82. The Hall–Kier alpha value is -1.18. The summed E-state index contributed by atoms with van der Waals surface area (Å²) in [7, 11) is 0. The third-order valence-electron chi connectivity index (χ3n) is 0.899. The molecule has 0 bridgehead atoms. The fourth-order valence-electron chi connectivity index (χ4n) is 0.475. The normalized spacial score (nSPS) is 8.50. The van der Waals surface area contributed by atoms with Crippen molar-refractivity contribution >= 4 is 6.21 Å². The van der Waals surface area contributed by atoms with E-state index in [4.69, 9.17) is 5.41 Å². The molecular weight excluding hydrogens is 100 g/mol. The van der Waals surface area contributed by atoms with E-state index in [1.54, 1.807) is 18.6 Å². The van der Waals surface area contributed by atoms with Crippen molar-refractivity contribution in [2.24, 2.45) is 0 Å². The van der Waals surface area contributed by atoms with E-state index in [1.807, 2.05) is 12.1 Å². The Balaban J connectivity index is 2.99. The van der Waals surface area contributed by atoms with Crippen LogP contribution in [0.2, 0.25) is 0 Å². The van der Waals surface area contributed by atoms with Crippen LogP contribution in [0.15, 0.2) is 24.5 Å². The van der Waals surface area contributed by atoms with Gasteiger partial charge in [0.2, 0.25) is 0 Å². The summed E-state index contributed by atoms with van der Waals surface area (Å²) in [6.45, 7) is 0. The fraction of sp³-hybridized carbons (Fsp3) is 0. The largest absolute Gasteiger partial charge is 0.265 e. The molecule has 0 fully saturated rings. The summed E-state index contributed by atoms with van der Waals surface area (Å²) in [5, 5.41) is 5.20. The zero-order valence-corrected chi connectivity index (χ0v) is 4.41. The molecule has 2 heteroatoms. The van der Waals surface area contributed by atoms with Crippen LogP contribution in [0.4, 0.5) is 0 Å². The van der Waals surface area contributed by atoms with Crippen LogP contribution in [0.25, 0.3) is 0 Å². The predicted octanol–water partition coefficient (Wildman–Crippen LogP) is -0.740.